The molecule has 9 heteroatoms. The molecule has 33 heavy (non-hydrogen) atoms. The minimum atomic E-state index is -0.650. The first kappa shape index (κ1) is 25.5. The lowest BCUT2D eigenvalue weighted by atomic mass is 9.95. The third kappa shape index (κ3) is 6.91. The number of aromatic nitrogens is 1. The Bertz CT molecular complexity index is 963. The van der Waals surface area contributed by atoms with Crippen LogP contribution in [0.1, 0.15) is 44.9 Å². The summed E-state index contributed by atoms with van der Waals surface area (Å²) >= 11 is 9.62. The molecule has 2 atom stereocenters. The van der Waals surface area contributed by atoms with Gasteiger partial charge in [0.2, 0.25) is 5.91 Å². The number of pyridine rings is 1. The number of carbonyl (C=O) groups is 2. The molecule has 0 saturated carbocycles. The highest BCUT2D eigenvalue weighted by Gasteiger charge is 2.42. The van der Waals surface area contributed by atoms with E-state index >= 15 is 0 Å². The molecule has 0 N–H and O–H groups in total. The van der Waals surface area contributed by atoms with Crippen LogP contribution in [0.5, 0.6) is 0 Å². The predicted molar refractivity (Wildman–Crippen MR) is 130 cm³/mol. The van der Waals surface area contributed by atoms with Gasteiger partial charge in [-0.3, -0.25) is 9.69 Å². The summed E-state index contributed by atoms with van der Waals surface area (Å²) in [5, 5.41) is 0.293. The maximum atomic E-state index is 13.1. The molecule has 0 aliphatic carbocycles. The zero-order valence-electron chi connectivity index (χ0n) is 19.3. The monoisotopic (exact) mass is 537 g/mol. The summed E-state index contributed by atoms with van der Waals surface area (Å²) in [5.41, 5.74) is 1.13. The second kappa shape index (κ2) is 10.8. The molecule has 2 amide bonds. The quantitative estimate of drug-likeness (QED) is 0.488. The van der Waals surface area contributed by atoms with Crippen molar-refractivity contribution < 1.29 is 19.1 Å². The predicted octanol–water partition coefficient (Wildman–Crippen LogP) is 5.22. The highest BCUT2D eigenvalue weighted by Crippen LogP contribution is 2.35. The van der Waals surface area contributed by atoms with E-state index in [1.54, 1.807) is 15.9 Å². The van der Waals surface area contributed by atoms with Crippen molar-refractivity contribution in [3.05, 3.63) is 63.3 Å². The molecule has 2 heterocycles. The van der Waals surface area contributed by atoms with Crippen molar-refractivity contribution in [3.8, 4) is 0 Å². The molecule has 178 valence electrons. The molecule has 2 aromatic rings. The van der Waals surface area contributed by atoms with E-state index < -0.39 is 23.8 Å². The average Bonchev–Trinajstić information content (AvgIpc) is 2.72. The van der Waals surface area contributed by atoms with Crippen LogP contribution in [0.25, 0.3) is 0 Å². The van der Waals surface area contributed by atoms with Gasteiger partial charge in [0, 0.05) is 20.0 Å². The fraction of sp³-hybridized carbons (Fsp3) is 0.458. The van der Waals surface area contributed by atoms with Gasteiger partial charge in [-0.05, 0) is 60.0 Å². The van der Waals surface area contributed by atoms with Crippen molar-refractivity contribution in [2.75, 3.05) is 19.7 Å². The van der Waals surface area contributed by atoms with Gasteiger partial charge in [-0.25, -0.2) is 9.78 Å². The minimum absolute atomic E-state index is 0.0963. The number of rotatable bonds is 5. The van der Waals surface area contributed by atoms with Crippen LogP contribution in [-0.4, -0.2) is 58.1 Å². The summed E-state index contributed by atoms with van der Waals surface area (Å²) in [4.78, 5) is 33.3. The third-order valence-corrected chi connectivity index (χ3v) is 5.84. The summed E-state index contributed by atoms with van der Waals surface area (Å²) in [5.74, 6) is -0.0963. The van der Waals surface area contributed by atoms with Crippen LogP contribution in [0.3, 0.4) is 0 Å². The first-order valence-electron chi connectivity index (χ1n) is 10.8. The molecule has 0 spiro atoms. The molecular weight excluding hydrogens is 510 g/mol. The summed E-state index contributed by atoms with van der Waals surface area (Å²) in [6.45, 7) is 8.30. The number of benzene rings is 1. The standard InChI is InChI=1S/C24H29BrClN3O4/c1-16(30)28-10-11-29(23(31)33-24(2,3)4)19(15-32-14-17-8-6-5-7-9-17)22(28)18-12-20(25)27-21(26)13-18/h5-9,12-13,19,22H,10-11,14-15H2,1-4H3/t19-,22-/m0/s1. The van der Waals surface area contributed by atoms with Crippen LogP contribution in [-0.2, 0) is 20.9 Å². The normalized spacial score (nSPS) is 18.8. The number of halogens is 2. The van der Waals surface area contributed by atoms with Gasteiger partial charge >= 0.3 is 6.09 Å². The van der Waals surface area contributed by atoms with Gasteiger partial charge in [0.05, 0.1) is 25.3 Å². The van der Waals surface area contributed by atoms with Gasteiger partial charge in [0.15, 0.2) is 0 Å². The van der Waals surface area contributed by atoms with Crippen molar-refractivity contribution in [2.24, 2.45) is 0 Å². The first-order chi connectivity index (χ1) is 15.5. The maximum absolute atomic E-state index is 13.1. The molecule has 0 bridgehead atoms. The smallest absolute Gasteiger partial charge is 0.410 e. The Morgan fingerprint density at radius 3 is 2.42 bits per heavy atom. The average molecular weight is 539 g/mol. The van der Waals surface area contributed by atoms with Gasteiger partial charge in [-0.2, -0.15) is 0 Å². The van der Waals surface area contributed by atoms with Crippen LogP contribution >= 0.6 is 27.5 Å². The van der Waals surface area contributed by atoms with E-state index in [0.29, 0.717) is 29.5 Å². The molecule has 1 aromatic carbocycles. The number of carbonyl (C=O) groups excluding carboxylic acids is 2. The molecule has 3 rings (SSSR count). The molecule has 1 aliphatic rings. The fourth-order valence-electron chi connectivity index (χ4n) is 3.91. The lowest BCUT2D eigenvalue weighted by Gasteiger charge is -2.47. The van der Waals surface area contributed by atoms with Crippen LogP contribution < -0.4 is 0 Å². The number of ether oxygens (including phenoxy) is 2. The highest BCUT2D eigenvalue weighted by molar-refractivity contribution is 9.10. The summed E-state index contributed by atoms with van der Waals surface area (Å²) in [7, 11) is 0. The van der Waals surface area contributed by atoms with Gasteiger partial charge < -0.3 is 14.4 Å². The molecular formula is C24H29BrClN3O4. The molecule has 1 aliphatic heterocycles. The van der Waals surface area contributed by atoms with Crippen molar-refractivity contribution in [1.82, 2.24) is 14.8 Å². The minimum Gasteiger partial charge on any atom is -0.444 e. The molecule has 1 fully saturated rings. The molecule has 1 saturated heterocycles. The number of amides is 2. The summed E-state index contributed by atoms with van der Waals surface area (Å²) in [6, 6.07) is 12.4. The van der Waals surface area contributed by atoms with Crippen molar-refractivity contribution in [3.63, 3.8) is 0 Å². The van der Waals surface area contributed by atoms with Crippen molar-refractivity contribution in [2.45, 2.75) is 52.0 Å². The first-order valence-corrected chi connectivity index (χ1v) is 11.9. The zero-order valence-corrected chi connectivity index (χ0v) is 21.6. The maximum Gasteiger partial charge on any atom is 0.410 e. The second-order valence-electron chi connectivity index (χ2n) is 8.94. The SMILES string of the molecule is CC(=O)N1CCN(C(=O)OC(C)(C)C)[C@@H](COCc2ccccc2)[C@@H]1c1cc(Cl)nc(Br)c1. The topological polar surface area (TPSA) is 72.0 Å². The third-order valence-electron chi connectivity index (χ3n) is 5.24. The van der Waals surface area contributed by atoms with E-state index in [0.717, 1.165) is 11.1 Å². The van der Waals surface area contributed by atoms with E-state index in [2.05, 4.69) is 20.9 Å². The van der Waals surface area contributed by atoms with E-state index in [4.69, 9.17) is 21.1 Å². The van der Waals surface area contributed by atoms with Crippen LogP contribution in [0.15, 0.2) is 47.1 Å². The van der Waals surface area contributed by atoms with E-state index in [1.807, 2.05) is 57.2 Å². The Morgan fingerprint density at radius 2 is 1.82 bits per heavy atom. The van der Waals surface area contributed by atoms with Gasteiger partial charge in [0.1, 0.15) is 15.4 Å². The largest absolute Gasteiger partial charge is 0.444 e. The molecule has 0 unspecified atom stereocenters. The molecule has 7 nitrogen and oxygen atoms in total. The Morgan fingerprint density at radius 1 is 1.15 bits per heavy atom. The number of hydrogen-bond donors (Lipinski definition) is 0. The lowest BCUT2D eigenvalue weighted by Crippen LogP contribution is -2.60. The lowest BCUT2D eigenvalue weighted by molar-refractivity contribution is -0.138. The highest BCUT2D eigenvalue weighted by atomic mass is 79.9. The molecule has 1 aromatic heterocycles. The fourth-order valence-corrected chi connectivity index (χ4v) is 4.68. The molecule has 0 radical (unpaired) electrons. The van der Waals surface area contributed by atoms with Gasteiger partial charge in [-0.15, -0.1) is 0 Å². The Balaban J connectivity index is 1.96. The van der Waals surface area contributed by atoms with E-state index in [1.165, 1.54) is 6.92 Å². The van der Waals surface area contributed by atoms with Crippen molar-refractivity contribution in [1.29, 1.82) is 0 Å². The number of hydrogen-bond acceptors (Lipinski definition) is 5. The van der Waals surface area contributed by atoms with Crippen LogP contribution in [0.2, 0.25) is 5.15 Å². The summed E-state index contributed by atoms with van der Waals surface area (Å²) in [6.07, 6.45) is -0.441. The van der Waals surface area contributed by atoms with Gasteiger partial charge in [-0.1, -0.05) is 41.9 Å². The Hall–Kier alpha value is -2.16. The van der Waals surface area contributed by atoms with Crippen LogP contribution in [0, 0.1) is 0 Å². The Labute approximate surface area is 208 Å². The Kier molecular flexibility index (Phi) is 8.37. The second-order valence-corrected chi connectivity index (χ2v) is 10.1. The van der Waals surface area contributed by atoms with Crippen LogP contribution in [0.4, 0.5) is 4.79 Å². The summed E-state index contributed by atoms with van der Waals surface area (Å²) < 4.78 is 12.3. The number of piperazine rings is 1. The number of nitrogens with zero attached hydrogens (tertiary/aromatic N) is 3. The van der Waals surface area contributed by atoms with E-state index in [9.17, 15) is 9.59 Å². The van der Waals surface area contributed by atoms with E-state index in [-0.39, 0.29) is 12.5 Å². The zero-order chi connectivity index (χ0) is 24.2. The van der Waals surface area contributed by atoms with Gasteiger partial charge in [0.25, 0.3) is 0 Å². The van der Waals surface area contributed by atoms with Crippen molar-refractivity contribution >= 4 is 39.5 Å².